The number of carbonyl (C=O) groups is 2. The molecule has 0 spiro atoms. The number of ether oxygens (including phenoxy) is 1. The molecule has 0 saturated carbocycles. The van der Waals surface area contributed by atoms with E-state index < -0.39 is 24.2 Å². The van der Waals surface area contributed by atoms with Crippen LogP contribution < -0.4 is 5.32 Å². The quantitative estimate of drug-likeness (QED) is 0.607. The van der Waals surface area contributed by atoms with Gasteiger partial charge in [0.05, 0.1) is 10.2 Å². The minimum atomic E-state index is -0.867. The van der Waals surface area contributed by atoms with Crippen molar-refractivity contribution in [3.63, 3.8) is 0 Å². The number of thiazole rings is 1. The SMILES string of the molecule is Cc1cc(C)c2nc(NC(=O)COC(=O)c3ccc(O)cc3O)sc2c1. The Labute approximate surface area is 152 Å². The monoisotopic (exact) mass is 372 g/mol. The largest absolute Gasteiger partial charge is 0.508 e. The lowest BCUT2D eigenvalue weighted by Crippen LogP contribution is -2.20. The minimum absolute atomic E-state index is 0.137. The average Bonchev–Trinajstić information content (AvgIpc) is 2.95. The zero-order chi connectivity index (χ0) is 18.8. The van der Waals surface area contributed by atoms with Gasteiger partial charge in [-0.3, -0.25) is 10.1 Å². The van der Waals surface area contributed by atoms with Gasteiger partial charge in [-0.25, -0.2) is 9.78 Å². The van der Waals surface area contributed by atoms with Gasteiger partial charge in [-0.15, -0.1) is 0 Å². The molecule has 134 valence electrons. The Bertz CT molecular complexity index is 1010. The van der Waals surface area contributed by atoms with E-state index in [4.69, 9.17) is 4.74 Å². The molecule has 0 unspecified atom stereocenters. The number of esters is 1. The highest BCUT2D eigenvalue weighted by Crippen LogP contribution is 2.29. The van der Waals surface area contributed by atoms with Gasteiger partial charge in [0.1, 0.15) is 17.1 Å². The van der Waals surface area contributed by atoms with Crippen molar-refractivity contribution in [2.45, 2.75) is 13.8 Å². The summed E-state index contributed by atoms with van der Waals surface area (Å²) in [6.45, 7) is 3.42. The molecule has 1 amide bonds. The second-order valence-electron chi connectivity index (χ2n) is 5.77. The second kappa shape index (κ2) is 7.01. The fourth-order valence-corrected chi connectivity index (χ4v) is 3.54. The van der Waals surface area contributed by atoms with E-state index in [1.165, 1.54) is 23.5 Å². The van der Waals surface area contributed by atoms with Crippen molar-refractivity contribution >= 4 is 38.6 Å². The molecule has 0 aliphatic carbocycles. The fourth-order valence-electron chi connectivity index (χ4n) is 2.48. The molecular weight excluding hydrogens is 356 g/mol. The number of aromatic hydroxyl groups is 2. The molecule has 3 N–H and O–H groups in total. The van der Waals surface area contributed by atoms with E-state index in [2.05, 4.69) is 10.3 Å². The van der Waals surface area contributed by atoms with Gasteiger partial charge >= 0.3 is 5.97 Å². The molecule has 7 nitrogen and oxygen atoms in total. The number of rotatable bonds is 4. The van der Waals surface area contributed by atoms with Gasteiger partial charge in [0, 0.05) is 6.07 Å². The first-order chi connectivity index (χ1) is 12.3. The Hall–Kier alpha value is -3.13. The molecule has 0 fully saturated rings. The number of nitrogens with zero attached hydrogens (tertiary/aromatic N) is 1. The molecule has 8 heteroatoms. The van der Waals surface area contributed by atoms with E-state index in [0.717, 1.165) is 27.4 Å². The first-order valence-corrected chi connectivity index (χ1v) is 8.52. The first kappa shape index (κ1) is 17.7. The van der Waals surface area contributed by atoms with Crippen molar-refractivity contribution in [2.75, 3.05) is 11.9 Å². The van der Waals surface area contributed by atoms with Crippen LogP contribution in [-0.2, 0) is 9.53 Å². The molecule has 3 rings (SSSR count). The zero-order valence-corrected chi connectivity index (χ0v) is 14.9. The van der Waals surface area contributed by atoms with Crippen LogP contribution in [0.2, 0.25) is 0 Å². The molecular formula is C18H16N2O5S. The van der Waals surface area contributed by atoms with Crippen LogP contribution in [0.4, 0.5) is 5.13 Å². The molecule has 3 aromatic rings. The topological polar surface area (TPSA) is 109 Å². The summed E-state index contributed by atoms with van der Waals surface area (Å²) in [5.74, 6) is -2.01. The zero-order valence-electron chi connectivity index (χ0n) is 14.1. The molecule has 1 aromatic heterocycles. The lowest BCUT2D eigenvalue weighted by Gasteiger charge is -2.06. The number of amides is 1. The van der Waals surface area contributed by atoms with Gasteiger partial charge in [0.2, 0.25) is 0 Å². The molecule has 2 aromatic carbocycles. The maximum atomic E-state index is 12.0. The molecule has 1 heterocycles. The van der Waals surface area contributed by atoms with E-state index >= 15 is 0 Å². The molecule has 0 atom stereocenters. The van der Waals surface area contributed by atoms with Crippen molar-refractivity contribution in [2.24, 2.45) is 0 Å². The summed E-state index contributed by atoms with van der Waals surface area (Å²) >= 11 is 1.34. The standard InChI is InChI=1S/C18H16N2O5S/c1-9-5-10(2)16-14(6-9)26-18(20-16)19-15(23)8-25-17(24)12-4-3-11(21)7-13(12)22/h3-7,21-22H,8H2,1-2H3,(H,19,20,23). The summed E-state index contributed by atoms with van der Waals surface area (Å²) in [6.07, 6.45) is 0. The first-order valence-electron chi connectivity index (χ1n) is 7.70. The van der Waals surface area contributed by atoms with Crippen molar-refractivity contribution in [3.05, 3.63) is 47.0 Å². The van der Waals surface area contributed by atoms with Gasteiger partial charge in [-0.05, 0) is 43.2 Å². The van der Waals surface area contributed by atoms with Gasteiger partial charge in [0.15, 0.2) is 11.7 Å². The Morgan fingerprint density at radius 3 is 2.69 bits per heavy atom. The van der Waals surface area contributed by atoms with Crippen LogP contribution >= 0.6 is 11.3 Å². The summed E-state index contributed by atoms with van der Waals surface area (Å²) in [6, 6.07) is 7.47. The number of nitrogens with one attached hydrogen (secondary N) is 1. The van der Waals surface area contributed by atoms with Crippen LogP contribution in [0.5, 0.6) is 11.5 Å². The van der Waals surface area contributed by atoms with Crippen LogP contribution in [0.15, 0.2) is 30.3 Å². The highest BCUT2D eigenvalue weighted by molar-refractivity contribution is 7.22. The molecule has 0 bridgehead atoms. The Kier molecular flexibility index (Phi) is 4.77. The molecule has 0 radical (unpaired) electrons. The van der Waals surface area contributed by atoms with E-state index in [0.29, 0.717) is 5.13 Å². The van der Waals surface area contributed by atoms with Crippen molar-refractivity contribution in [3.8, 4) is 11.5 Å². The normalized spacial score (nSPS) is 10.7. The van der Waals surface area contributed by atoms with E-state index in [1.807, 2.05) is 26.0 Å². The van der Waals surface area contributed by atoms with Crippen LogP contribution in [0.1, 0.15) is 21.5 Å². The third kappa shape index (κ3) is 3.75. The maximum Gasteiger partial charge on any atom is 0.342 e. The van der Waals surface area contributed by atoms with E-state index in [1.54, 1.807) is 0 Å². The molecule has 0 aliphatic rings. The predicted molar refractivity (Wildman–Crippen MR) is 97.8 cm³/mol. The van der Waals surface area contributed by atoms with Crippen molar-refractivity contribution < 1.29 is 24.5 Å². The lowest BCUT2D eigenvalue weighted by molar-refractivity contribution is -0.119. The van der Waals surface area contributed by atoms with Gasteiger partial charge < -0.3 is 14.9 Å². The summed E-state index contributed by atoms with van der Waals surface area (Å²) in [7, 11) is 0. The smallest absolute Gasteiger partial charge is 0.342 e. The van der Waals surface area contributed by atoms with Crippen molar-refractivity contribution in [1.29, 1.82) is 0 Å². The number of hydrogen-bond acceptors (Lipinski definition) is 7. The lowest BCUT2D eigenvalue weighted by atomic mass is 10.1. The number of hydrogen-bond donors (Lipinski definition) is 3. The molecule has 0 aliphatic heterocycles. The number of anilines is 1. The number of phenolic OH excluding ortho intramolecular Hbond substituents is 2. The summed E-state index contributed by atoms with van der Waals surface area (Å²) in [4.78, 5) is 28.3. The van der Waals surface area contributed by atoms with Crippen LogP contribution in [0.25, 0.3) is 10.2 Å². The summed E-state index contributed by atoms with van der Waals surface area (Å²) in [5.41, 5.74) is 2.81. The number of benzene rings is 2. The molecule has 0 saturated heterocycles. The Morgan fingerprint density at radius 2 is 1.96 bits per heavy atom. The highest BCUT2D eigenvalue weighted by Gasteiger charge is 2.16. The molecule has 26 heavy (non-hydrogen) atoms. The van der Waals surface area contributed by atoms with E-state index in [9.17, 15) is 19.8 Å². The maximum absolute atomic E-state index is 12.0. The second-order valence-corrected chi connectivity index (χ2v) is 6.80. The van der Waals surface area contributed by atoms with Gasteiger partial charge in [0.25, 0.3) is 5.91 Å². The average molecular weight is 372 g/mol. The number of aromatic nitrogens is 1. The fraction of sp³-hybridized carbons (Fsp3) is 0.167. The Balaban J connectivity index is 1.64. The third-order valence-electron chi connectivity index (χ3n) is 3.61. The predicted octanol–water partition coefficient (Wildman–Crippen LogP) is 3.12. The highest BCUT2D eigenvalue weighted by atomic mass is 32.1. The van der Waals surface area contributed by atoms with E-state index in [-0.39, 0.29) is 11.3 Å². The number of fused-ring (bicyclic) bond motifs is 1. The van der Waals surface area contributed by atoms with Crippen LogP contribution in [0, 0.1) is 13.8 Å². The Morgan fingerprint density at radius 1 is 1.19 bits per heavy atom. The summed E-state index contributed by atoms with van der Waals surface area (Å²) in [5, 5.41) is 21.9. The number of carbonyl (C=O) groups excluding carboxylic acids is 2. The van der Waals surface area contributed by atoms with Gasteiger partial charge in [-0.1, -0.05) is 17.4 Å². The minimum Gasteiger partial charge on any atom is -0.508 e. The number of aryl methyl sites for hydroxylation is 2. The third-order valence-corrected chi connectivity index (χ3v) is 4.53. The summed E-state index contributed by atoms with van der Waals surface area (Å²) < 4.78 is 5.85. The van der Waals surface area contributed by atoms with Crippen LogP contribution in [-0.4, -0.2) is 33.7 Å². The number of phenols is 2. The van der Waals surface area contributed by atoms with Crippen LogP contribution in [0.3, 0.4) is 0 Å². The van der Waals surface area contributed by atoms with Gasteiger partial charge in [-0.2, -0.15) is 0 Å². The van der Waals surface area contributed by atoms with Crippen molar-refractivity contribution in [1.82, 2.24) is 4.98 Å².